The third-order valence-corrected chi connectivity index (χ3v) is 4.36. The predicted molar refractivity (Wildman–Crippen MR) is 105 cm³/mol. The van der Waals surface area contributed by atoms with E-state index in [1.165, 1.54) is 6.07 Å². The van der Waals surface area contributed by atoms with Crippen molar-refractivity contribution in [2.45, 2.75) is 6.92 Å². The summed E-state index contributed by atoms with van der Waals surface area (Å²) < 4.78 is 33.5. The summed E-state index contributed by atoms with van der Waals surface area (Å²) in [6, 6.07) is 3.16. The van der Waals surface area contributed by atoms with Crippen molar-refractivity contribution in [2.24, 2.45) is 12.0 Å². The highest BCUT2D eigenvalue weighted by Crippen LogP contribution is 2.18. The highest BCUT2D eigenvalue weighted by atomic mass is 19.1. The van der Waals surface area contributed by atoms with Crippen molar-refractivity contribution in [1.82, 2.24) is 20.0 Å². The highest BCUT2D eigenvalue weighted by Gasteiger charge is 2.27. The van der Waals surface area contributed by atoms with Gasteiger partial charge in [0.15, 0.2) is 17.5 Å². The third kappa shape index (κ3) is 5.21. The number of halogens is 2. The number of amides is 1. The number of hydrogen-bond donors (Lipinski definition) is 1. The van der Waals surface area contributed by atoms with Crippen LogP contribution in [-0.4, -0.2) is 65.9 Å². The Bertz CT molecular complexity index is 885. The molecule has 0 unspecified atom stereocenters. The molecule has 0 radical (unpaired) electrons. The Kier molecular flexibility index (Phi) is 6.63. The van der Waals surface area contributed by atoms with Crippen LogP contribution >= 0.6 is 0 Å². The minimum Gasteiger partial charge on any atom is -0.489 e. The molecule has 1 fully saturated rings. The molecular weight excluding hydrogens is 382 g/mol. The summed E-state index contributed by atoms with van der Waals surface area (Å²) in [6.45, 7) is 4.29. The molecule has 0 saturated carbocycles. The summed E-state index contributed by atoms with van der Waals surface area (Å²) in [5.74, 6) is -0.878. The van der Waals surface area contributed by atoms with Gasteiger partial charge in [-0.2, -0.15) is 5.10 Å². The van der Waals surface area contributed by atoms with Crippen LogP contribution in [0.5, 0.6) is 5.75 Å². The number of piperazine rings is 1. The molecule has 1 saturated heterocycles. The van der Waals surface area contributed by atoms with E-state index in [4.69, 9.17) is 4.74 Å². The lowest BCUT2D eigenvalue weighted by molar-refractivity contribution is -0.120. The molecule has 0 atom stereocenters. The third-order valence-electron chi connectivity index (χ3n) is 4.36. The molecule has 156 valence electrons. The van der Waals surface area contributed by atoms with Crippen LogP contribution < -0.4 is 15.0 Å². The molecular formula is C19H24F2N6O2. The number of benzene rings is 1. The highest BCUT2D eigenvalue weighted by molar-refractivity contribution is 5.98. The maximum atomic E-state index is 13.6. The molecule has 1 aliphatic heterocycles. The van der Waals surface area contributed by atoms with Crippen molar-refractivity contribution in [2.75, 3.05) is 44.2 Å². The van der Waals surface area contributed by atoms with Crippen LogP contribution in [0.4, 0.5) is 14.5 Å². The Hall–Kier alpha value is -3.17. The molecule has 10 heteroatoms. The summed E-state index contributed by atoms with van der Waals surface area (Å²) in [5.41, 5.74) is 0.772. The average Bonchev–Trinajstić information content (AvgIpc) is 3.11. The number of nitrogens with zero attached hydrogens (tertiary/aromatic N) is 5. The number of aryl methyl sites for hydroxylation is 1. The fourth-order valence-electron chi connectivity index (χ4n) is 3.00. The van der Waals surface area contributed by atoms with Crippen molar-refractivity contribution in [3.05, 3.63) is 42.2 Å². The Morgan fingerprint density at radius 3 is 2.83 bits per heavy atom. The Morgan fingerprint density at radius 2 is 2.17 bits per heavy atom. The first-order valence-corrected chi connectivity index (χ1v) is 9.38. The van der Waals surface area contributed by atoms with E-state index in [1.807, 2.05) is 11.8 Å². The van der Waals surface area contributed by atoms with Crippen molar-refractivity contribution in [3.8, 4) is 5.75 Å². The number of rotatable bonds is 6. The van der Waals surface area contributed by atoms with E-state index in [2.05, 4.69) is 15.4 Å². The average molecular weight is 406 g/mol. The van der Waals surface area contributed by atoms with Gasteiger partial charge in [0, 0.05) is 38.9 Å². The van der Waals surface area contributed by atoms with E-state index in [-0.39, 0.29) is 31.4 Å². The zero-order valence-corrected chi connectivity index (χ0v) is 16.4. The molecule has 29 heavy (non-hydrogen) atoms. The van der Waals surface area contributed by atoms with Crippen LogP contribution in [0.2, 0.25) is 0 Å². The number of aliphatic imine (C=N–C) groups is 1. The molecule has 1 amide bonds. The van der Waals surface area contributed by atoms with Gasteiger partial charge in [-0.3, -0.25) is 9.48 Å². The van der Waals surface area contributed by atoms with Gasteiger partial charge in [-0.1, -0.05) is 0 Å². The normalized spacial score (nSPS) is 15.0. The number of anilines is 1. The van der Waals surface area contributed by atoms with E-state index in [0.717, 1.165) is 17.8 Å². The Labute approximate surface area is 167 Å². The van der Waals surface area contributed by atoms with Crippen LogP contribution in [0, 0.1) is 11.6 Å². The largest absolute Gasteiger partial charge is 0.489 e. The molecule has 1 aliphatic rings. The molecule has 2 aromatic rings. The fourth-order valence-corrected chi connectivity index (χ4v) is 3.00. The maximum absolute atomic E-state index is 13.6. The Balaban J connectivity index is 1.57. The van der Waals surface area contributed by atoms with Crippen LogP contribution in [0.3, 0.4) is 0 Å². The number of guanidine groups is 1. The van der Waals surface area contributed by atoms with Crippen LogP contribution in [0.1, 0.15) is 6.92 Å². The van der Waals surface area contributed by atoms with Gasteiger partial charge in [0.1, 0.15) is 19.0 Å². The zero-order chi connectivity index (χ0) is 20.8. The lowest BCUT2D eigenvalue weighted by Gasteiger charge is -2.35. The number of hydrogen-bond acceptors (Lipinski definition) is 4. The van der Waals surface area contributed by atoms with Gasteiger partial charge in [0.25, 0.3) is 0 Å². The Morgan fingerprint density at radius 1 is 1.34 bits per heavy atom. The molecule has 1 aromatic heterocycles. The SMILES string of the molecule is CCNC(=NCCOc1ccc(F)cc1F)N1CCN(c2cnn(C)c2)C(=O)C1. The van der Waals surface area contributed by atoms with E-state index in [0.29, 0.717) is 25.6 Å². The lowest BCUT2D eigenvalue weighted by atomic mass is 10.3. The first-order valence-electron chi connectivity index (χ1n) is 9.38. The minimum atomic E-state index is -0.752. The minimum absolute atomic E-state index is 0.0214. The summed E-state index contributed by atoms with van der Waals surface area (Å²) >= 11 is 0. The molecule has 3 rings (SSSR count). The summed E-state index contributed by atoms with van der Waals surface area (Å²) in [6.07, 6.45) is 3.47. The van der Waals surface area contributed by atoms with Gasteiger partial charge in [0.05, 0.1) is 18.4 Å². The topological polar surface area (TPSA) is 75.0 Å². The predicted octanol–water partition coefficient (Wildman–Crippen LogP) is 1.39. The van der Waals surface area contributed by atoms with Gasteiger partial charge in [0.2, 0.25) is 5.91 Å². The van der Waals surface area contributed by atoms with Gasteiger partial charge in [-0.15, -0.1) is 0 Å². The monoisotopic (exact) mass is 406 g/mol. The van der Waals surface area contributed by atoms with E-state index in [9.17, 15) is 13.6 Å². The van der Waals surface area contributed by atoms with Crippen molar-refractivity contribution < 1.29 is 18.3 Å². The fraction of sp³-hybridized carbons (Fsp3) is 0.421. The number of carbonyl (C=O) groups is 1. The van der Waals surface area contributed by atoms with Crippen LogP contribution in [0.25, 0.3) is 0 Å². The van der Waals surface area contributed by atoms with Gasteiger partial charge in [-0.05, 0) is 19.1 Å². The van der Waals surface area contributed by atoms with E-state index in [1.54, 1.807) is 29.0 Å². The second kappa shape index (κ2) is 9.35. The van der Waals surface area contributed by atoms with Crippen LogP contribution in [0.15, 0.2) is 35.6 Å². The molecule has 0 bridgehead atoms. The quantitative estimate of drug-likeness (QED) is 0.446. The van der Waals surface area contributed by atoms with Crippen molar-refractivity contribution in [1.29, 1.82) is 0 Å². The molecule has 0 aliphatic carbocycles. The molecule has 2 heterocycles. The first kappa shape index (κ1) is 20.6. The molecule has 0 spiro atoms. The van der Waals surface area contributed by atoms with Gasteiger partial charge in [-0.25, -0.2) is 13.8 Å². The van der Waals surface area contributed by atoms with Gasteiger partial charge < -0.3 is 19.9 Å². The second-order valence-electron chi connectivity index (χ2n) is 6.50. The first-order chi connectivity index (χ1) is 14.0. The second-order valence-corrected chi connectivity index (χ2v) is 6.50. The van der Waals surface area contributed by atoms with E-state index < -0.39 is 11.6 Å². The number of aromatic nitrogens is 2. The molecule has 8 nitrogen and oxygen atoms in total. The van der Waals surface area contributed by atoms with Crippen molar-refractivity contribution >= 4 is 17.6 Å². The number of nitrogens with one attached hydrogen (secondary N) is 1. The molecule has 1 N–H and O–H groups in total. The standard InChI is InChI=1S/C19H24F2N6O2/c1-3-22-19(23-6-9-29-17-5-4-14(20)10-16(17)21)26-7-8-27(18(28)13-26)15-11-24-25(2)12-15/h4-5,10-12H,3,6-9,13H2,1-2H3,(H,22,23). The molecule has 1 aromatic carbocycles. The summed E-state index contributed by atoms with van der Waals surface area (Å²) in [5, 5.41) is 7.27. The lowest BCUT2D eigenvalue weighted by Crippen LogP contribution is -2.55. The van der Waals surface area contributed by atoms with E-state index >= 15 is 0 Å². The summed E-state index contributed by atoms with van der Waals surface area (Å²) in [4.78, 5) is 20.6. The number of ether oxygens (including phenoxy) is 1. The zero-order valence-electron chi connectivity index (χ0n) is 16.4. The summed E-state index contributed by atoms with van der Waals surface area (Å²) in [7, 11) is 1.81. The van der Waals surface area contributed by atoms with Crippen LogP contribution in [-0.2, 0) is 11.8 Å². The number of carbonyl (C=O) groups excluding carboxylic acids is 1. The van der Waals surface area contributed by atoms with Crippen molar-refractivity contribution in [3.63, 3.8) is 0 Å². The maximum Gasteiger partial charge on any atom is 0.246 e. The van der Waals surface area contributed by atoms with Gasteiger partial charge >= 0.3 is 0 Å². The smallest absolute Gasteiger partial charge is 0.246 e.